The lowest BCUT2D eigenvalue weighted by atomic mass is 10.1. The van der Waals surface area contributed by atoms with Crippen LogP contribution in [0.4, 0.5) is 0 Å². The SMILES string of the molecule is CCCCCCCCCC(O)CC(=O)SCC. The molecule has 0 bridgehead atoms. The lowest BCUT2D eigenvalue weighted by Crippen LogP contribution is -2.11. The summed E-state index contributed by atoms with van der Waals surface area (Å²) in [7, 11) is 0. The van der Waals surface area contributed by atoms with Gasteiger partial charge in [0.2, 0.25) is 0 Å². The first-order valence-corrected chi connectivity index (χ1v) is 8.02. The van der Waals surface area contributed by atoms with Gasteiger partial charge in [-0.3, -0.25) is 4.79 Å². The molecule has 1 atom stereocenters. The molecule has 0 radical (unpaired) electrons. The summed E-state index contributed by atoms with van der Waals surface area (Å²) in [4.78, 5) is 11.3. The molecule has 0 aromatic carbocycles. The predicted molar refractivity (Wildman–Crippen MR) is 76.4 cm³/mol. The largest absolute Gasteiger partial charge is 0.393 e. The molecule has 102 valence electrons. The van der Waals surface area contributed by atoms with Crippen LogP contribution in [0, 0.1) is 0 Å². The monoisotopic (exact) mass is 260 g/mol. The Balaban J connectivity index is 3.27. The first kappa shape index (κ1) is 17.0. The number of aliphatic hydroxyl groups is 1. The van der Waals surface area contributed by atoms with Gasteiger partial charge in [-0.05, 0) is 12.2 Å². The van der Waals surface area contributed by atoms with Crippen molar-refractivity contribution in [3.05, 3.63) is 0 Å². The summed E-state index contributed by atoms with van der Waals surface area (Å²) in [5.74, 6) is 0.809. The van der Waals surface area contributed by atoms with Crippen LogP contribution in [-0.2, 0) is 4.79 Å². The number of carbonyl (C=O) groups is 1. The summed E-state index contributed by atoms with van der Waals surface area (Å²) in [6.45, 7) is 4.19. The van der Waals surface area contributed by atoms with Crippen molar-refractivity contribution in [2.24, 2.45) is 0 Å². The van der Waals surface area contributed by atoms with Gasteiger partial charge in [0.25, 0.3) is 0 Å². The molecular weight excluding hydrogens is 232 g/mol. The maximum atomic E-state index is 11.3. The molecule has 0 rings (SSSR count). The van der Waals surface area contributed by atoms with E-state index in [4.69, 9.17) is 0 Å². The highest BCUT2D eigenvalue weighted by atomic mass is 32.2. The van der Waals surface area contributed by atoms with Crippen molar-refractivity contribution in [3.8, 4) is 0 Å². The number of thioether (sulfide) groups is 1. The van der Waals surface area contributed by atoms with Crippen LogP contribution in [0.15, 0.2) is 0 Å². The number of rotatable bonds is 11. The number of aliphatic hydroxyl groups excluding tert-OH is 1. The highest BCUT2D eigenvalue weighted by Gasteiger charge is 2.09. The molecule has 1 unspecified atom stereocenters. The van der Waals surface area contributed by atoms with Gasteiger partial charge >= 0.3 is 0 Å². The molecule has 0 fully saturated rings. The Morgan fingerprint density at radius 1 is 1.06 bits per heavy atom. The van der Waals surface area contributed by atoms with Gasteiger partial charge in [0.1, 0.15) is 0 Å². The summed E-state index contributed by atoms with van der Waals surface area (Å²) >= 11 is 1.31. The Kier molecular flexibility index (Phi) is 12.4. The predicted octanol–water partition coefficient (Wildman–Crippen LogP) is 4.16. The van der Waals surface area contributed by atoms with Gasteiger partial charge in [0.15, 0.2) is 5.12 Å². The molecule has 0 aliphatic rings. The van der Waals surface area contributed by atoms with Crippen LogP contribution in [0.5, 0.6) is 0 Å². The average Bonchev–Trinajstić information content (AvgIpc) is 2.28. The van der Waals surface area contributed by atoms with Gasteiger partial charge in [-0.15, -0.1) is 0 Å². The highest BCUT2D eigenvalue weighted by molar-refractivity contribution is 8.13. The molecular formula is C14H28O2S. The zero-order valence-corrected chi connectivity index (χ0v) is 12.2. The number of carbonyl (C=O) groups excluding carboxylic acids is 1. The van der Waals surface area contributed by atoms with Crippen molar-refractivity contribution < 1.29 is 9.90 Å². The second kappa shape index (κ2) is 12.4. The Morgan fingerprint density at radius 2 is 1.65 bits per heavy atom. The summed E-state index contributed by atoms with van der Waals surface area (Å²) in [6.07, 6.45) is 9.48. The molecule has 1 N–H and O–H groups in total. The molecule has 17 heavy (non-hydrogen) atoms. The molecule has 3 heteroatoms. The van der Waals surface area contributed by atoms with Gasteiger partial charge < -0.3 is 5.11 Å². The van der Waals surface area contributed by atoms with E-state index in [2.05, 4.69) is 6.92 Å². The van der Waals surface area contributed by atoms with Gasteiger partial charge in [0, 0.05) is 6.42 Å². The third-order valence-electron chi connectivity index (χ3n) is 2.85. The van der Waals surface area contributed by atoms with Crippen molar-refractivity contribution in [3.63, 3.8) is 0 Å². The van der Waals surface area contributed by atoms with Gasteiger partial charge in [-0.25, -0.2) is 0 Å². The molecule has 0 aliphatic heterocycles. The summed E-state index contributed by atoms with van der Waals surface area (Å²) in [6, 6.07) is 0. The fourth-order valence-corrected chi connectivity index (χ4v) is 2.48. The zero-order valence-electron chi connectivity index (χ0n) is 11.4. The second-order valence-electron chi connectivity index (χ2n) is 4.57. The maximum Gasteiger partial charge on any atom is 0.191 e. The fraction of sp³-hybridized carbons (Fsp3) is 0.929. The Labute approximate surface area is 111 Å². The first-order valence-electron chi connectivity index (χ1n) is 7.04. The van der Waals surface area contributed by atoms with E-state index in [-0.39, 0.29) is 5.12 Å². The van der Waals surface area contributed by atoms with E-state index in [9.17, 15) is 9.90 Å². The van der Waals surface area contributed by atoms with Crippen molar-refractivity contribution in [2.45, 2.75) is 77.7 Å². The lowest BCUT2D eigenvalue weighted by molar-refractivity contribution is -0.112. The van der Waals surface area contributed by atoms with E-state index >= 15 is 0 Å². The topological polar surface area (TPSA) is 37.3 Å². The van der Waals surface area contributed by atoms with E-state index in [1.54, 1.807) is 0 Å². The first-order chi connectivity index (χ1) is 8.20. The number of hydrogen-bond acceptors (Lipinski definition) is 3. The number of hydrogen-bond donors (Lipinski definition) is 1. The minimum atomic E-state index is -0.419. The van der Waals surface area contributed by atoms with Crippen molar-refractivity contribution >= 4 is 16.9 Å². The van der Waals surface area contributed by atoms with Gasteiger partial charge in [-0.1, -0.05) is 70.6 Å². The van der Waals surface area contributed by atoms with Gasteiger partial charge in [0.05, 0.1) is 6.10 Å². The number of unbranched alkanes of at least 4 members (excludes halogenated alkanes) is 6. The third-order valence-corrected chi connectivity index (χ3v) is 3.63. The van der Waals surface area contributed by atoms with Crippen LogP contribution in [0.1, 0.15) is 71.6 Å². The quantitative estimate of drug-likeness (QED) is 0.567. The average molecular weight is 260 g/mol. The summed E-state index contributed by atoms with van der Waals surface area (Å²) in [5.41, 5.74) is 0. The van der Waals surface area contributed by atoms with Crippen LogP contribution < -0.4 is 0 Å². The van der Waals surface area contributed by atoms with Crippen molar-refractivity contribution in [2.75, 3.05) is 5.75 Å². The standard InChI is InChI=1S/C14H28O2S/c1-3-5-6-7-8-9-10-11-13(15)12-14(16)17-4-2/h13,15H,3-12H2,1-2H3. The lowest BCUT2D eigenvalue weighted by Gasteiger charge is -2.08. The summed E-state index contributed by atoms with van der Waals surface area (Å²) in [5, 5.41) is 9.78. The normalized spacial score (nSPS) is 12.6. The van der Waals surface area contributed by atoms with E-state index in [0.29, 0.717) is 6.42 Å². The van der Waals surface area contributed by atoms with Gasteiger partial charge in [-0.2, -0.15) is 0 Å². The van der Waals surface area contributed by atoms with Crippen LogP contribution >= 0.6 is 11.8 Å². The van der Waals surface area contributed by atoms with Crippen molar-refractivity contribution in [1.29, 1.82) is 0 Å². The van der Waals surface area contributed by atoms with E-state index in [1.165, 1.54) is 50.3 Å². The molecule has 2 nitrogen and oxygen atoms in total. The smallest absolute Gasteiger partial charge is 0.191 e. The third kappa shape index (κ3) is 12.2. The van der Waals surface area contributed by atoms with E-state index in [0.717, 1.165) is 18.6 Å². The minimum absolute atomic E-state index is 0.128. The molecule has 0 aromatic heterocycles. The maximum absolute atomic E-state index is 11.3. The molecule has 0 amide bonds. The molecule has 0 saturated heterocycles. The Bertz CT molecular complexity index is 183. The Morgan fingerprint density at radius 3 is 2.24 bits per heavy atom. The van der Waals surface area contributed by atoms with Crippen LogP contribution in [0.3, 0.4) is 0 Å². The molecule has 0 spiro atoms. The molecule has 0 aromatic rings. The Hall–Kier alpha value is -0.0200. The minimum Gasteiger partial charge on any atom is -0.393 e. The highest BCUT2D eigenvalue weighted by Crippen LogP contribution is 2.13. The van der Waals surface area contributed by atoms with E-state index < -0.39 is 6.10 Å². The molecule has 0 heterocycles. The van der Waals surface area contributed by atoms with Crippen LogP contribution in [0.2, 0.25) is 0 Å². The molecule has 0 aliphatic carbocycles. The molecule has 0 saturated carbocycles. The van der Waals surface area contributed by atoms with Crippen LogP contribution in [0.25, 0.3) is 0 Å². The summed E-state index contributed by atoms with van der Waals surface area (Å²) < 4.78 is 0. The zero-order chi connectivity index (χ0) is 12.9. The van der Waals surface area contributed by atoms with Crippen molar-refractivity contribution in [1.82, 2.24) is 0 Å². The van der Waals surface area contributed by atoms with E-state index in [1.807, 2.05) is 6.92 Å². The van der Waals surface area contributed by atoms with Crippen LogP contribution in [-0.4, -0.2) is 22.1 Å². The fourth-order valence-electron chi connectivity index (χ4n) is 1.85. The second-order valence-corrected chi connectivity index (χ2v) is 5.89.